The van der Waals surface area contributed by atoms with Crippen molar-refractivity contribution in [2.24, 2.45) is 5.92 Å². The van der Waals surface area contributed by atoms with Crippen molar-refractivity contribution in [3.8, 4) is 0 Å². The number of aromatic nitrogens is 2. The van der Waals surface area contributed by atoms with Crippen molar-refractivity contribution in [2.75, 3.05) is 6.54 Å². The first-order valence-corrected chi connectivity index (χ1v) is 9.40. The minimum Gasteiger partial charge on any atom is -0.275 e. The lowest BCUT2D eigenvalue weighted by Gasteiger charge is -2.35. The third kappa shape index (κ3) is 2.91. The number of benzene rings is 2. The molecule has 0 fully saturated rings. The molecule has 6 nitrogen and oxygen atoms in total. The largest absolute Gasteiger partial charge is 0.296 e. The van der Waals surface area contributed by atoms with Crippen molar-refractivity contribution in [1.29, 1.82) is 0 Å². The van der Waals surface area contributed by atoms with Crippen molar-refractivity contribution < 1.29 is 9.59 Å². The molecule has 2 heterocycles. The zero-order chi connectivity index (χ0) is 19.8. The molecule has 1 aliphatic rings. The van der Waals surface area contributed by atoms with E-state index in [9.17, 15) is 14.4 Å². The van der Waals surface area contributed by atoms with Gasteiger partial charge in [0.25, 0.3) is 17.4 Å². The van der Waals surface area contributed by atoms with Gasteiger partial charge in [0, 0.05) is 6.54 Å². The SMILES string of the molecule is CC(C)[C@H]1C(=O)N(CCc2ccccc2)C(=O)c2nc3ccccc3c(=O)n21. The number of fused-ring (bicyclic) bond motifs is 2. The van der Waals surface area contributed by atoms with Gasteiger partial charge in [-0.05, 0) is 30.0 Å². The predicted octanol–water partition coefficient (Wildman–Crippen LogP) is 2.82. The van der Waals surface area contributed by atoms with Gasteiger partial charge in [0.2, 0.25) is 5.82 Å². The summed E-state index contributed by atoms with van der Waals surface area (Å²) in [5, 5.41) is 0.412. The summed E-state index contributed by atoms with van der Waals surface area (Å²) in [4.78, 5) is 45.0. The summed E-state index contributed by atoms with van der Waals surface area (Å²) in [5.41, 5.74) is 1.16. The van der Waals surface area contributed by atoms with Gasteiger partial charge >= 0.3 is 0 Å². The lowest BCUT2D eigenvalue weighted by Crippen LogP contribution is -2.53. The monoisotopic (exact) mass is 375 g/mol. The number of carbonyl (C=O) groups is 2. The molecule has 0 aliphatic carbocycles. The molecule has 3 aromatic rings. The summed E-state index contributed by atoms with van der Waals surface area (Å²) >= 11 is 0. The van der Waals surface area contributed by atoms with Gasteiger partial charge < -0.3 is 0 Å². The number of carbonyl (C=O) groups excluding carboxylic acids is 2. The molecule has 28 heavy (non-hydrogen) atoms. The highest BCUT2D eigenvalue weighted by Crippen LogP contribution is 2.27. The highest BCUT2D eigenvalue weighted by Gasteiger charge is 2.42. The Balaban J connectivity index is 1.81. The molecule has 6 heteroatoms. The minimum atomic E-state index is -0.743. The molecule has 142 valence electrons. The van der Waals surface area contributed by atoms with Crippen molar-refractivity contribution in [3.63, 3.8) is 0 Å². The topological polar surface area (TPSA) is 72.3 Å². The Morgan fingerprint density at radius 3 is 2.36 bits per heavy atom. The van der Waals surface area contributed by atoms with Gasteiger partial charge in [-0.3, -0.25) is 23.9 Å². The highest BCUT2D eigenvalue weighted by atomic mass is 16.2. The van der Waals surface area contributed by atoms with Gasteiger partial charge in [0.15, 0.2) is 0 Å². The van der Waals surface area contributed by atoms with E-state index in [-0.39, 0.29) is 29.8 Å². The first kappa shape index (κ1) is 18.1. The Bertz CT molecular complexity index is 1120. The van der Waals surface area contributed by atoms with E-state index in [0.717, 1.165) is 5.56 Å². The molecule has 1 atom stereocenters. The molecule has 0 bridgehead atoms. The van der Waals surface area contributed by atoms with Crippen molar-refractivity contribution in [3.05, 3.63) is 76.3 Å². The standard InChI is InChI=1S/C22H21N3O3/c1-14(2)18-21(27)24(13-12-15-8-4-3-5-9-15)22(28)19-23-17-11-7-6-10-16(17)20(26)25(18)19/h3-11,14,18H,12-13H2,1-2H3/t18-/m0/s1. The Hall–Kier alpha value is -3.28. The fourth-order valence-electron chi connectivity index (χ4n) is 3.73. The number of nitrogens with zero attached hydrogens (tertiary/aromatic N) is 3. The molecule has 0 spiro atoms. The number of hydrogen-bond acceptors (Lipinski definition) is 4. The van der Waals surface area contributed by atoms with Gasteiger partial charge in [0.05, 0.1) is 10.9 Å². The minimum absolute atomic E-state index is 0.0371. The van der Waals surface area contributed by atoms with Gasteiger partial charge in [-0.15, -0.1) is 0 Å². The van der Waals surface area contributed by atoms with E-state index < -0.39 is 11.9 Å². The highest BCUT2D eigenvalue weighted by molar-refractivity contribution is 6.07. The molecular formula is C22H21N3O3. The van der Waals surface area contributed by atoms with Crippen LogP contribution in [-0.4, -0.2) is 32.8 Å². The van der Waals surface area contributed by atoms with E-state index in [1.165, 1.54) is 9.47 Å². The zero-order valence-electron chi connectivity index (χ0n) is 15.8. The average molecular weight is 375 g/mol. The number of para-hydroxylation sites is 1. The fraction of sp³-hybridized carbons (Fsp3) is 0.273. The lowest BCUT2D eigenvalue weighted by atomic mass is 9.99. The summed E-state index contributed by atoms with van der Waals surface area (Å²) in [6.45, 7) is 4.01. The summed E-state index contributed by atoms with van der Waals surface area (Å²) in [6, 6.07) is 15.9. The van der Waals surface area contributed by atoms with E-state index >= 15 is 0 Å². The Labute approximate surface area is 162 Å². The van der Waals surface area contributed by atoms with Crippen LogP contribution in [0.25, 0.3) is 10.9 Å². The summed E-state index contributed by atoms with van der Waals surface area (Å²) in [7, 11) is 0. The maximum absolute atomic E-state index is 13.2. The molecule has 1 aromatic heterocycles. The zero-order valence-corrected chi connectivity index (χ0v) is 15.8. The molecular weight excluding hydrogens is 354 g/mol. The smallest absolute Gasteiger partial charge is 0.275 e. The molecule has 1 aliphatic heterocycles. The summed E-state index contributed by atoms with van der Waals surface area (Å²) in [6.07, 6.45) is 0.556. The van der Waals surface area contributed by atoms with E-state index in [0.29, 0.717) is 17.3 Å². The van der Waals surface area contributed by atoms with Crippen LogP contribution < -0.4 is 5.56 Å². The van der Waals surface area contributed by atoms with Crippen molar-refractivity contribution >= 4 is 22.7 Å². The van der Waals surface area contributed by atoms with Crippen LogP contribution in [0.3, 0.4) is 0 Å². The van der Waals surface area contributed by atoms with Crippen LogP contribution in [-0.2, 0) is 11.2 Å². The Morgan fingerprint density at radius 1 is 0.964 bits per heavy atom. The van der Waals surface area contributed by atoms with E-state index in [1.54, 1.807) is 24.3 Å². The third-order valence-electron chi connectivity index (χ3n) is 5.14. The number of hydrogen-bond donors (Lipinski definition) is 0. The molecule has 2 amide bonds. The quantitative estimate of drug-likeness (QED) is 0.658. The van der Waals surface area contributed by atoms with Gasteiger partial charge in [-0.25, -0.2) is 4.98 Å². The second-order valence-electron chi connectivity index (χ2n) is 7.35. The van der Waals surface area contributed by atoms with Gasteiger partial charge in [0.1, 0.15) is 6.04 Å². The van der Waals surface area contributed by atoms with Crippen LogP contribution in [0.15, 0.2) is 59.4 Å². The van der Waals surface area contributed by atoms with Crippen LogP contribution in [0.4, 0.5) is 0 Å². The second kappa shape index (κ2) is 7.03. The predicted molar refractivity (Wildman–Crippen MR) is 106 cm³/mol. The molecule has 0 unspecified atom stereocenters. The Morgan fingerprint density at radius 2 is 1.64 bits per heavy atom. The van der Waals surface area contributed by atoms with Crippen molar-refractivity contribution in [1.82, 2.24) is 14.5 Å². The first-order valence-electron chi connectivity index (χ1n) is 9.40. The molecule has 0 N–H and O–H groups in total. The summed E-state index contributed by atoms with van der Waals surface area (Å²) < 4.78 is 1.29. The van der Waals surface area contributed by atoms with Crippen LogP contribution >= 0.6 is 0 Å². The molecule has 2 aromatic carbocycles. The van der Waals surface area contributed by atoms with E-state index in [4.69, 9.17) is 0 Å². The van der Waals surface area contributed by atoms with Crippen LogP contribution in [0.5, 0.6) is 0 Å². The maximum Gasteiger partial charge on any atom is 0.296 e. The average Bonchev–Trinajstić information content (AvgIpc) is 2.69. The maximum atomic E-state index is 13.2. The Kier molecular flexibility index (Phi) is 4.55. The second-order valence-corrected chi connectivity index (χ2v) is 7.35. The first-order chi connectivity index (χ1) is 13.5. The summed E-state index contributed by atoms with van der Waals surface area (Å²) in [5.74, 6) is -0.974. The van der Waals surface area contributed by atoms with Crippen LogP contribution in [0, 0.1) is 5.92 Å². The normalized spacial score (nSPS) is 16.7. The van der Waals surface area contributed by atoms with Crippen LogP contribution in [0.1, 0.15) is 36.1 Å². The third-order valence-corrected chi connectivity index (χ3v) is 5.14. The lowest BCUT2D eigenvalue weighted by molar-refractivity contribution is -0.134. The van der Waals surface area contributed by atoms with Gasteiger partial charge in [-0.2, -0.15) is 0 Å². The number of rotatable bonds is 4. The number of amides is 2. The molecule has 0 saturated heterocycles. The number of imide groups is 1. The fourth-order valence-corrected chi connectivity index (χ4v) is 3.73. The van der Waals surface area contributed by atoms with E-state index in [2.05, 4.69) is 4.98 Å². The van der Waals surface area contributed by atoms with Crippen molar-refractivity contribution in [2.45, 2.75) is 26.3 Å². The van der Waals surface area contributed by atoms with E-state index in [1.807, 2.05) is 44.2 Å². The molecule has 4 rings (SSSR count). The molecule has 0 radical (unpaired) electrons. The molecule has 0 saturated carbocycles. The van der Waals surface area contributed by atoms with Gasteiger partial charge in [-0.1, -0.05) is 56.3 Å². The van der Waals surface area contributed by atoms with Crippen LogP contribution in [0.2, 0.25) is 0 Å².